The zero-order valence-electron chi connectivity index (χ0n) is 14.1. The normalized spacial score (nSPS) is 11.5. The van der Waals surface area contributed by atoms with E-state index in [0.717, 1.165) is 10.9 Å². The minimum Gasteiger partial charge on any atom is -0.426 e. The average Bonchev–Trinajstić information content (AvgIpc) is 2.54. The highest BCUT2D eigenvalue weighted by Crippen LogP contribution is 2.26. The van der Waals surface area contributed by atoms with Crippen LogP contribution in [0.25, 0.3) is 22.1 Å². The van der Waals surface area contributed by atoms with E-state index in [0.29, 0.717) is 21.9 Å². The van der Waals surface area contributed by atoms with Crippen LogP contribution in [-0.2, 0) is 4.79 Å². The van der Waals surface area contributed by atoms with E-state index in [-0.39, 0.29) is 5.97 Å². The molecule has 0 fully saturated rings. The summed E-state index contributed by atoms with van der Waals surface area (Å²) >= 11 is 5.88. The van der Waals surface area contributed by atoms with E-state index < -0.39 is 11.0 Å². The Morgan fingerprint density at radius 2 is 1.72 bits per heavy atom. The van der Waals surface area contributed by atoms with Gasteiger partial charge in [0.15, 0.2) is 0 Å². The third-order valence-electron chi connectivity index (χ3n) is 3.69. The van der Waals surface area contributed by atoms with E-state index in [2.05, 4.69) is 0 Å². The molecule has 2 aromatic carbocycles. The Morgan fingerprint density at radius 1 is 1.04 bits per heavy atom. The minimum absolute atomic E-state index is 0.342. The van der Waals surface area contributed by atoms with Gasteiger partial charge in [-0.15, -0.1) is 0 Å². The largest absolute Gasteiger partial charge is 0.426 e. The topological polar surface area (TPSA) is 56.5 Å². The third-order valence-corrected chi connectivity index (χ3v) is 3.94. The highest BCUT2D eigenvalue weighted by atomic mass is 35.5. The van der Waals surface area contributed by atoms with Crippen LogP contribution in [0.3, 0.4) is 0 Å². The van der Waals surface area contributed by atoms with Gasteiger partial charge in [-0.05, 0) is 56.7 Å². The monoisotopic (exact) mass is 356 g/mol. The molecule has 0 aliphatic heterocycles. The summed E-state index contributed by atoms with van der Waals surface area (Å²) in [4.78, 5) is 24.3. The lowest BCUT2D eigenvalue weighted by Gasteiger charge is -2.16. The summed E-state index contributed by atoms with van der Waals surface area (Å²) in [5, 5.41) is 1.33. The van der Waals surface area contributed by atoms with Crippen LogP contribution in [0.15, 0.2) is 57.7 Å². The maximum Gasteiger partial charge on any atom is 0.344 e. The van der Waals surface area contributed by atoms with Crippen molar-refractivity contribution in [1.82, 2.24) is 0 Å². The fourth-order valence-electron chi connectivity index (χ4n) is 2.25. The molecular formula is C20H17ClO4. The summed E-state index contributed by atoms with van der Waals surface area (Å²) in [5.74, 6) is -0.0122. The quantitative estimate of drug-likeness (QED) is 0.365. The summed E-state index contributed by atoms with van der Waals surface area (Å²) in [7, 11) is 0. The summed E-state index contributed by atoms with van der Waals surface area (Å²) in [6, 6.07) is 13.7. The molecule has 1 heterocycles. The average molecular weight is 357 g/mol. The maximum atomic E-state index is 12.3. The number of hydrogen-bond donors (Lipinski definition) is 0. The smallest absolute Gasteiger partial charge is 0.344 e. The van der Waals surface area contributed by atoms with Crippen molar-refractivity contribution in [2.75, 3.05) is 0 Å². The van der Waals surface area contributed by atoms with Crippen molar-refractivity contribution in [3.63, 3.8) is 0 Å². The van der Waals surface area contributed by atoms with Gasteiger partial charge in [0.05, 0.1) is 11.0 Å². The Labute approximate surface area is 150 Å². The second-order valence-corrected chi connectivity index (χ2v) is 7.23. The molecule has 128 valence electrons. The highest BCUT2D eigenvalue weighted by Gasteiger charge is 2.23. The van der Waals surface area contributed by atoms with E-state index >= 15 is 0 Å². The standard InChI is InChI=1S/C20H17ClO4/c1-20(2,3)19(23)24-15-9-6-13-10-16(18(22)25-17(13)11-15)12-4-7-14(21)8-5-12/h4-11H,1-3H3. The van der Waals surface area contributed by atoms with Gasteiger partial charge in [0, 0.05) is 16.5 Å². The van der Waals surface area contributed by atoms with E-state index in [1.165, 1.54) is 0 Å². The Balaban J connectivity index is 2.00. The number of carbonyl (C=O) groups excluding carboxylic acids is 1. The molecule has 0 atom stereocenters. The van der Waals surface area contributed by atoms with Crippen molar-refractivity contribution in [2.45, 2.75) is 20.8 Å². The van der Waals surface area contributed by atoms with Crippen molar-refractivity contribution in [3.05, 3.63) is 64.0 Å². The Morgan fingerprint density at radius 3 is 2.36 bits per heavy atom. The first-order valence-electron chi connectivity index (χ1n) is 7.80. The van der Waals surface area contributed by atoms with Crippen LogP contribution in [0.4, 0.5) is 0 Å². The fourth-order valence-corrected chi connectivity index (χ4v) is 2.37. The molecule has 0 amide bonds. The first-order valence-corrected chi connectivity index (χ1v) is 8.18. The van der Waals surface area contributed by atoms with Crippen LogP contribution >= 0.6 is 11.6 Å². The van der Waals surface area contributed by atoms with Crippen LogP contribution in [0, 0.1) is 5.41 Å². The molecule has 3 rings (SSSR count). The van der Waals surface area contributed by atoms with Crippen LogP contribution in [-0.4, -0.2) is 5.97 Å². The molecule has 3 aromatic rings. The second-order valence-electron chi connectivity index (χ2n) is 6.79. The molecule has 0 unspecified atom stereocenters. The van der Waals surface area contributed by atoms with Gasteiger partial charge in [0.2, 0.25) is 0 Å². The zero-order valence-corrected chi connectivity index (χ0v) is 14.9. The van der Waals surface area contributed by atoms with Gasteiger partial charge in [0.1, 0.15) is 11.3 Å². The zero-order chi connectivity index (χ0) is 18.2. The van der Waals surface area contributed by atoms with Crippen molar-refractivity contribution < 1.29 is 13.9 Å². The lowest BCUT2D eigenvalue weighted by molar-refractivity contribution is -0.142. The second kappa shape index (κ2) is 6.37. The molecular weight excluding hydrogens is 340 g/mol. The summed E-state index contributed by atoms with van der Waals surface area (Å²) < 4.78 is 10.7. The Bertz CT molecular complexity index is 995. The number of fused-ring (bicyclic) bond motifs is 1. The van der Waals surface area contributed by atoms with Gasteiger partial charge in [0.25, 0.3) is 0 Å². The van der Waals surface area contributed by atoms with Gasteiger partial charge in [-0.3, -0.25) is 4.79 Å². The molecule has 5 heteroatoms. The van der Waals surface area contributed by atoms with E-state index in [9.17, 15) is 9.59 Å². The van der Waals surface area contributed by atoms with E-state index in [1.54, 1.807) is 69.3 Å². The lowest BCUT2D eigenvalue weighted by atomic mass is 9.97. The Kier molecular flexibility index (Phi) is 4.39. The maximum absolute atomic E-state index is 12.3. The van der Waals surface area contributed by atoms with Crippen LogP contribution < -0.4 is 10.4 Å². The molecule has 0 saturated carbocycles. The lowest BCUT2D eigenvalue weighted by Crippen LogP contribution is -2.25. The van der Waals surface area contributed by atoms with Gasteiger partial charge < -0.3 is 9.15 Å². The van der Waals surface area contributed by atoms with E-state index in [1.807, 2.05) is 0 Å². The van der Waals surface area contributed by atoms with Crippen LogP contribution in [0.2, 0.25) is 5.02 Å². The van der Waals surface area contributed by atoms with Crippen molar-refractivity contribution in [2.24, 2.45) is 5.41 Å². The van der Waals surface area contributed by atoms with Gasteiger partial charge in [-0.25, -0.2) is 4.79 Å². The number of rotatable bonds is 2. The van der Waals surface area contributed by atoms with Crippen molar-refractivity contribution in [1.29, 1.82) is 0 Å². The van der Waals surface area contributed by atoms with E-state index in [4.69, 9.17) is 20.8 Å². The molecule has 0 aliphatic rings. The summed E-state index contributed by atoms with van der Waals surface area (Å²) in [6.07, 6.45) is 0. The number of hydrogen-bond acceptors (Lipinski definition) is 4. The molecule has 0 aliphatic carbocycles. The number of benzene rings is 2. The van der Waals surface area contributed by atoms with Gasteiger partial charge >= 0.3 is 11.6 Å². The molecule has 0 bridgehead atoms. The van der Waals surface area contributed by atoms with Crippen LogP contribution in [0.1, 0.15) is 20.8 Å². The highest BCUT2D eigenvalue weighted by molar-refractivity contribution is 6.30. The first kappa shape index (κ1) is 17.2. The number of carbonyl (C=O) groups is 1. The van der Waals surface area contributed by atoms with Crippen molar-refractivity contribution in [3.8, 4) is 16.9 Å². The molecule has 0 spiro atoms. The van der Waals surface area contributed by atoms with Gasteiger partial charge in [-0.1, -0.05) is 23.7 Å². The third kappa shape index (κ3) is 3.74. The molecule has 0 radical (unpaired) electrons. The molecule has 0 N–H and O–H groups in total. The van der Waals surface area contributed by atoms with Crippen molar-refractivity contribution >= 4 is 28.5 Å². The summed E-state index contributed by atoms with van der Waals surface area (Å²) in [5.41, 5.74) is 0.455. The molecule has 0 saturated heterocycles. The molecule has 1 aromatic heterocycles. The van der Waals surface area contributed by atoms with Crippen LogP contribution in [0.5, 0.6) is 5.75 Å². The summed E-state index contributed by atoms with van der Waals surface area (Å²) in [6.45, 7) is 5.32. The van der Waals surface area contributed by atoms with Gasteiger partial charge in [-0.2, -0.15) is 0 Å². The number of esters is 1. The fraction of sp³-hybridized carbons (Fsp3) is 0.200. The number of ether oxygens (including phenoxy) is 1. The minimum atomic E-state index is -0.617. The molecule has 4 nitrogen and oxygen atoms in total. The Hall–Kier alpha value is -2.59. The number of halogens is 1. The first-order chi connectivity index (χ1) is 11.7. The SMILES string of the molecule is CC(C)(C)C(=O)Oc1ccc2cc(-c3ccc(Cl)cc3)c(=O)oc2c1. The predicted octanol–water partition coefficient (Wildman–Crippen LogP) is 5.06. The predicted molar refractivity (Wildman–Crippen MR) is 98.0 cm³/mol. The molecule has 25 heavy (non-hydrogen) atoms.